The van der Waals surface area contributed by atoms with Gasteiger partial charge in [-0.15, -0.1) is 0 Å². The van der Waals surface area contributed by atoms with Crippen molar-refractivity contribution in [2.45, 2.75) is 154 Å². The molecule has 0 aromatic carbocycles. The first kappa shape index (κ1) is 31.6. The average Bonchev–Trinajstić information content (AvgIpc) is 2.78. The summed E-state index contributed by atoms with van der Waals surface area (Å²) in [5, 5.41) is 11.8. The minimum absolute atomic E-state index is 0.00253. The molecule has 0 spiro atoms. The molecule has 0 amide bonds. The van der Waals surface area contributed by atoms with E-state index in [4.69, 9.17) is 5.11 Å². The van der Waals surface area contributed by atoms with E-state index in [2.05, 4.69) is 12.2 Å². The Bertz CT molecular complexity index is 456. The molecule has 0 rings (SSSR count). The van der Waals surface area contributed by atoms with Crippen molar-refractivity contribution in [3.05, 3.63) is 0 Å². The van der Waals surface area contributed by atoms with Crippen LogP contribution in [0.15, 0.2) is 0 Å². The molecule has 0 saturated heterocycles. The number of nitrogens with one attached hydrogen (secondary N) is 1. The Morgan fingerprint density at radius 1 is 0.719 bits per heavy atom. The van der Waals surface area contributed by atoms with Crippen LogP contribution in [0.3, 0.4) is 0 Å². The first-order valence-corrected chi connectivity index (χ1v) is 14.7. The zero-order valence-electron chi connectivity index (χ0n) is 20.8. The predicted octanol–water partition coefficient (Wildman–Crippen LogP) is 7.42. The van der Waals surface area contributed by atoms with Crippen LogP contribution in [-0.2, 0) is 27.7 Å². The van der Waals surface area contributed by atoms with Gasteiger partial charge in [0.1, 0.15) is 0 Å². The van der Waals surface area contributed by atoms with E-state index in [0.29, 0.717) is 6.42 Å². The van der Waals surface area contributed by atoms with E-state index in [0.717, 1.165) is 17.0 Å². The fourth-order valence-corrected chi connectivity index (χ4v) is 4.93. The molecule has 0 fully saturated rings. The van der Waals surface area contributed by atoms with Gasteiger partial charge in [0.05, 0.1) is 0 Å². The minimum atomic E-state index is -0.869. The Hall–Kier alpha value is -0.394. The number of carboxylic acid groups (broad SMARTS) is 1. The van der Waals surface area contributed by atoms with Crippen LogP contribution >= 0.6 is 0 Å². The number of hydrogen-bond acceptors (Lipinski definition) is 3. The van der Waals surface area contributed by atoms with E-state index in [9.17, 15) is 9.59 Å². The fourth-order valence-electron chi connectivity index (χ4n) is 4.04. The van der Waals surface area contributed by atoms with Gasteiger partial charge < -0.3 is 0 Å². The van der Waals surface area contributed by atoms with Crippen LogP contribution in [0.1, 0.15) is 148 Å². The molecule has 0 aliphatic rings. The monoisotopic (exact) mass is 628 g/mol. The van der Waals surface area contributed by atoms with Crippen molar-refractivity contribution in [1.29, 1.82) is 0 Å². The van der Waals surface area contributed by atoms with Gasteiger partial charge >= 0.3 is 144 Å². The summed E-state index contributed by atoms with van der Waals surface area (Å²) in [6.07, 6.45) is 29.4. The molecule has 190 valence electrons. The van der Waals surface area contributed by atoms with Gasteiger partial charge in [-0.05, 0) is 0 Å². The number of carboxylic acids is 1. The molecule has 2 N–H and O–H groups in total. The molecular weight excluding hydrogens is 577 g/mol. The SMILES string of the molecule is CCCCCCCCCCCCCCCCCCCCC[C](=[Os])N[C@H]([C-]=O)CCC(=O)O. The van der Waals surface area contributed by atoms with Gasteiger partial charge in [0.25, 0.3) is 0 Å². The van der Waals surface area contributed by atoms with Crippen molar-refractivity contribution in [2.24, 2.45) is 0 Å². The fraction of sp³-hybridized carbons (Fsp3) is 0.889. The van der Waals surface area contributed by atoms with E-state index in [1.807, 2.05) is 6.29 Å². The quantitative estimate of drug-likeness (QED) is 0.0775. The molecule has 0 aliphatic carbocycles. The van der Waals surface area contributed by atoms with Gasteiger partial charge in [-0.1, -0.05) is 64.7 Å². The van der Waals surface area contributed by atoms with E-state index >= 15 is 0 Å². The maximum atomic E-state index is 10.9. The molecule has 5 heteroatoms. The van der Waals surface area contributed by atoms with E-state index in [1.165, 1.54) is 116 Å². The Labute approximate surface area is 208 Å². The van der Waals surface area contributed by atoms with Crippen LogP contribution in [0.5, 0.6) is 0 Å². The van der Waals surface area contributed by atoms with Gasteiger partial charge in [-0.25, -0.2) is 0 Å². The van der Waals surface area contributed by atoms with Crippen molar-refractivity contribution >= 4 is 16.4 Å². The van der Waals surface area contributed by atoms with Crippen molar-refractivity contribution < 1.29 is 32.8 Å². The third-order valence-corrected chi connectivity index (χ3v) is 7.11. The van der Waals surface area contributed by atoms with Crippen LogP contribution in [0, 0.1) is 0 Å². The number of aliphatic carboxylic acids is 1. The van der Waals surface area contributed by atoms with Crippen molar-refractivity contribution in [3.63, 3.8) is 0 Å². The van der Waals surface area contributed by atoms with Crippen molar-refractivity contribution in [3.8, 4) is 0 Å². The van der Waals surface area contributed by atoms with Gasteiger partial charge in [-0.2, -0.15) is 0 Å². The number of carbonyl (C=O) groups excluding carboxylic acids is 1. The molecule has 0 heterocycles. The molecular formula is C27H50NO3Os-. The van der Waals surface area contributed by atoms with Gasteiger partial charge in [-0.3, -0.25) is 0 Å². The Kier molecular flexibility index (Phi) is 24.9. The molecule has 0 aliphatic heterocycles. The standard InChI is InChI=1S/C27H50NO3.Os/c1-2-3-4-5-6-7-8-9-10-11-12-13-14-15-16-17-18-19-20-21-24-28-26(25-29)22-23-27(30)31;/h26,28H,2-23H2,1H3,(H,30,31);/q-1;/t26-;/m0./s1. The van der Waals surface area contributed by atoms with Crippen LogP contribution in [0.25, 0.3) is 0 Å². The summed E-state index contributed by atoms with van der Waals surface area (Å²) in [5.74, 6) is -0.869. The van der Waals surface area contributed by atoms with E-state index < -0.39 is 12.0 Å². The van der Waals surface area contributed by atoms with Gasteiger partial charge in [0.15, 0.2) is 0 Å². The number of carbonyl (C=O) groups is 1. The van der Waals surface area contributed by atoms with Crippen molar-refractivity contribution in [2.75, 3.05) is 0 Å². The Morgan fingerprint density at radius 3 is 1.44 bits per heavy atom. The summed E-state index contributed by atoms with van der Waals surface area (Å²) < 4.78 is 1.09. The van der Waals surface area contributed by atoms with Crippen LogP contribution in [0.2, 0.25) is 0 Å². The van der Waals surface area contributed by atoms with E-state index in [1.54, 1.807) is 18.1 Å². The summed E-state index contributed by atoms with van der Waals surface area (Å²) >= 11 is 1.77. The van der Waals surface area contributed by atoms with Crippen LogP contribution in [-0.4, -0.2) is 27.6 Å². The number of hydrogen-bond donors (Lipinski definition) is 2. The molecule has 1 atom stereocenters. The molecule has 0 aromatic heterocycles. The first-order chi connectivity index (χ1) is 15.6. The van der Waals surface area contributed by atoms with Gasteiger partial charge in [0.2, 0.25) is 0 Å². The average molecular weight is 627 g/mol. The Morgan fingerprint density at radius 2 is 1.09 bits per heavy atom. The molecule has 4 nitrogen and oxygen atoms in total. The molecule has 0 unspecified atom stereocenters. The second-order valence-corrected chi connectivity index (χ2v) is 10.8. The van der Waals surface area contributed by atoms with Gasteiger partial charge in [0, 0.05) is 0 Å². The normalized spacial score (nSPS) is 12.1. The predicted molar refractivity (Wildman–Crippen MR) is 133 cm³/mol. The zero-order valence-corrected chi connectivity index (χ0v) is 23.3. The summed E-state index contributed by atoms with van der Waals surface area (Å²) in [4.78, 5) is 21.5. The summed E-state index contributed by atoms with van der Waals surface area (Å²) in [5.41, 5.74) is 0. The Balaban J connectivity index is 3.28. The summed E-state index contributed by atoms with van der Waals surface area (Å²) in [7, 11) is 0. The molecule has 0 radical (unpaired) electrons. The van der Waals surface area contributed by atoms with Crippen LogP contribution in [0.4, 0.5) is 0 Å². The van der Waals surface area contributed by atoms with Crippen molar-refractivity contribution in [1.82, 2.24) is 5.32 Å². The summed E-state index contributed by atoms with van der Waals surface area (Å²) in [6, 6.07) is -0.487. The third kappa shape index (κ3) is 24.3. The molecule has 0 bridgehead atoms. The summed E-state index contributed by atoms with van der Waals surface area (Å²) in [6.45, 7) is 2.28. The van der Waals surface area contributed by atoms with E-state index in [-0.39, 0.29) is 6.42 Å². The van der Waals surface area contributed by atoms with Crippen LogP contribution < -0.4 is 5.32 Å². The third-order valence-electron chi connectivity index (χ3n) is 6.11. The topological polar surface area (TPSA) is 66.4 Å². The number of rotatable bonds is 26. The molecule has 0 saturated carbocycles. The second kappa shape index (κ2) is 25.2. The first-order valence-electron chi connectivity index (χ1n) is 13.5. The molecule has 0 aromatic rings. The zero-order chi connectivity index (χ0) is 23.7. The second-order valence-electron chi connectivity index (χ2n) is 9.25. The maximum absolute atomic E-state index is 10.9. The molecule has 32 heavy (non-hydrogen) atoms. The number of unbranched alkanes of at least 4 members (excludes halogenated alkanes) is 18.